The Morgan fingerprint density at radius 1 is 1.31 bits per heavy atom. The summed E-state index contributed by atoms with van der Waals surface area (Å²) in [5.74, 6) is 0. The van der Waals surface area contributed by atoms with E-state index in [0.29, 0.717) is 5.02 Å². The molecule has 1 aliphatic rings. The van der Waals surface area contributed by atoms with Crippen LogP contribution in [0.5, 0.6) is 0 Å². The van der Waals surface area contributed by atoms with Crippen LogP contribution in [0.15, 0.2) is 22.7 Å². The second-order valence-electron chi connectivity index (χ2n) is 4.23. The minimum atomic E-state index is -0.250. The van der Waals surface area contributed by atoms with Gasteiger partial charge in [-0.3, -0.25) is 0 Å². The van der Waals surface area contributed by atoms with Crippen LogP contribution in [0.2, 0.25) is 5.02 Å². The molecule has 0 heterocycles. The number of rotatable bonds is 2. The topological polar surface area (TPSA) is 32.3 Å². The molecule has 0 bridgehead atoms. The Labute approximate surface area is 109 Å². The molecule has 2 rings (SSSR count). The fraction of sp³-hybridized carbons (Fsp3) is 0.500. The standard InChI is InChI=1S/C12H15BrClNO/c13-9-6-5-8(14)7-11(9)15-10-3-1-2-4-12(10)16/h5-7,10,12,15-16H,1-4H2/t10-,12-/m1/s1. The summed E-state index contributed by atoms with van der Waals surface area (Å²) in [7, 11) is 0. The van der Waals surface area contributed by atoms with Gasteiger partial charge in [0.2, 0.25) is 0 Å². The summed E-state index contributed by atoms with van der Waals surface area (Å²) in [6.07, 6.45) is 3.94. The van der Waals surface area contributed by atoms with Gasteiger partial charge in [-0.15, -0.1) is 0 Å². The van der Waals surface area contributed by atoms with Gasteiger partial charge < -0.3 is 10.4 Å². The Hall–Kier alpha value is -0.250. The van der Waals surface area contributed by atoms with E-state index in [1.165, 1.54) is 6.42 Å². The Bertz CT molecular complexity index is 372. The van der Waals surface area contributed by atoms with Gasteiger partial charge in [0.05, 0.1) is 17.8 Å². The molecule has 2 atom stereocenters. The Balaban J connectivity index is 2.10. The molecule has 4 heteroatoms. The van der Waals surface area contributed by atoms with E-state index in [-0.39, 0.29) is 12.1 Å². The average molecular weight is 305 g/mol. The zero-order valence-corrected chi connectivity index (χ0v) is 11.3. The number of nitrogens with one attached hydrogen (secondary N) is 1. The lowest BCUT2D eigenvalue weighted by Crippen LogP contribution is -2.36. The van der Waals surface area contributed by atoms with E-state index in [9.17, 15) is 5.11 Å². The highest BCUT2D eigenvalue weighted by atomic mass is 79.9. The molecule has 0 unspecified atom stereocenters. The summed E-state index contributed by atoms with van der Waals surface area (Å²) >= 11 is 9.42. The summed E-state index contributed by atoms with van der Waals surface area (Å²) in [4.78, 5) is 0. The van der Waals surface area contributed by atoms with E-state index in [2.05, 4.69) is 21.2 Å². The first-order valence-electron chi connectivity index (χ1n) is 5.56. The van der Waals surface area contributed by atoms with Crippen molar-refractivity contribution in [2.24, 2.45) is 0 Å². The quantitative estimate of drug-likeness (QED) is 0.870. The average Bonchev–Trinajstić information content (AvgIpc) is 2.27. The van der Waals surface area contributed by atoms with Crippen LogP contribution in [0.3, 0.4) is 0 Å². The molecular weight excluding hydrogens is 289 g/mol. The molecule has 88 valence electrons. The highest BCUT2D eigenvalue weighted by Crippen LogP contribution is 2.29. The van der Waals surface area contributed by atoms with E-state index < -0.39 is 0 Å². The predicted molar refractivity (Wildman–Crippen MR) is 71.0 cm³/mol. The van der Waals surface area contributed by atoms with Crippen LogP contribution in [-0.2, 0) is 0 Å². The fourth-order valence-corrected chi connectivity index (χ4v) is 2.62. The van der Waals surface area contributed by atoms with Gasteiger partial charge in [-0.05, 0) is 47.0 Å². The van der Waals surface area contributed by atoms with Gasteiger partial charge in [0, 0.05) is 9.50 Å². The van der Waals surface area contributed by atoms with Crippen LogP contribution in [0.1, 0.15) is 25.7 Å². The lowest BCUT2D eigenvalue weighted by atomic mass is 9.92. The van der Waals surface area contributed by atoms with E-state index >= 15 is 0 Å². The summed E-state index contributed by atoms with van der Waals surface area (Å²) < 4.78 is 0.981. The van der Waals surface area contributed by atoms with Crippen molar-refractivity contribution >= 4 is 33.2 Å². The Morgan fingerprint density at radius 2 is 2.06 bits per heavy atom. The molecule has 16 heavy (non-hydrogen) atoms. The molecule has 0 spiro atoms. The second kappa shape index (κ2) is 5.39. The van der Waals surface area contributed by atoms with Crippen LogP contribution < -0.4 is 5.32 Å². The highest BCUT2D eigenvalue weighted by molar-refractivity contribution is 9.10. The molecule has 0 saturated heterocycles. The summed E-state index contributed by atoms with van der Waals surface area (Å²) in [5.41, 5.74) is 0.957. The smallest absolute Gasteiger partial charge is 0.0741 e. The van der Waals surface area contributed by atoms with Gasteiger partial charge in [0.25, 0.3) is 0 Å². The highest BCUT2D eigenvalue weighted by Gasteiger charge is 2.23. The molecule has 2 N–H and O–H groups in total. The van der Waals surface area contributed by atoms with Crippen molar-refractivity contribution in [1.82, 2.24) is 0 Å². The molecular formula is C12H15BrClNO. The lowest BCUT2D eigenvalue weighted by molar-refractivity contribution is 0.116. The number of anilines is 1. The minimum absolute atomic E-state index is 0.142. The number of benzene rings is 1. The Morgan fingerprint density at radius 3 is 2.81 bits per heavy atom. The van der Waals surface area contributed by atoms with Crippen molar-refractivity contribution < 1.29 is 5.11 Å². The summed E-state index contributed by atoms with van der Waals surface area (Å²) in [6, 6.07) is 5.78. The van der Waals surface area contributed by atoms with Gasteiger partial charge in [0.15, 0.2) is 0 Å². The van der Waals surface area contributed by atoms with Crippen LogP contribution >= 0.6 is 27.5 Å². The second-order valence-corrected chi connectivity index (χ2v) is 5.52. The molecule has 1 aromatic rings. The first-order chi connectivity index (χ1) is 7.66. The van der Waals surface area contributed by atoms with Gasteiger partial charge in [0.1, 0.15) is 0 Å². The number of halogens is 2. The number of hydrogen-bond acceptors (Lipinski definition) is 2. The Kier molecular flexibility index (Phi) is 4.11. The van der Waals surface area contributed by atoms with E-state index in [4.69, 9.17) is 11.6 Å². The minimum Gasteiger partial charge on any atom is -0.391 e. The van der Waals surface area contributed by atoms with Gasteiger partial charge >= 0.3 is 0 Å². The molecule has 1 saturated carbocycles. The normalized spacial score (nSPS) is 25.4. The van der Waals surface area contributed by atoms with Gasteiger partial charge in [-0.1, -0.05) is 24.4 Å². The summed E-state index contributed by atoms with van der Waals surface area (Å²) in [6.45, 7) is 0. The van der Waals surface area contributed by atoms with Gasteiger partial charge in [-0.2, -0.15) is 0 Å². The summed E-state index contributed by atoms with van der Waals surface area (Å²) in [5, 5.41) is 13.9. The molecule has 0 radical (unpaired) electrons. The lowest BCUT2D eigenvalue weighted by Gasteiger charge is -2.29. The monoisotopic (exact) mass is 303 g/mol. The number of hydrogen-bond donors (Lipinski definition) is 2. The predicted octanol–water partition coefficient (Wildman–Crippen LogP) is 3.82. The molecule has 0 aromatic heterocycles. The third-order valence-corrected chi connectivity index (χ3v) is 3.93. The van der Waals surface area contributed by atoms with Crippen LogP contribution in [0.25, 0.3) is 0 Å². The van der Waals surface area contributed by atoms with E-state index in [1.807, 2.05) is 18.2 Å². The maximum absolute atomic E-state index is 9.88. The van der Waals surface area contributed by atoms with Crippen molar-refractivity contribution in [3.8, 4) is 0 Å². The largest absolute Gasteiger partial charge is 0.391 e. The molecule has 0 aliphatic heterocycles. The number of aliphatic hydroxyl groups is 1. The maximum Gasteiger partial charge on any atom is 0.0741 e. The number of aliphatic hydroxyl groups excluding tert-OH is 1. The zero-order chi connectivity index (χ0) is 11.5. The van der Waals surface area contributed by atoms with Crippen LogP contribution in [0.4, 0.5) is 5.69 Å². The van der Waals surface area contributed by atoms with E-state index in [0.717, 1.165) is 29.4 Å². The van der Waals surface area contributed by atoms with Crippen LogP contribution in [-0.4, -0.2) is 17.3 Å². The van der Waals surface area contributed by atoms with Crippen molar-refractivity contribution in [2.75, 3.05) is 5.32 Å². The van der Waals surface area contributed by atoms with Crippen LogP contribution in [0, 0.1) is 0 Å². The van der Waals surface area contributed by atoms with E-state index in [1.54, 1.807) is 0 Å². The third kappa shape index (κ3) is 2.90. The fourth-order valence-electron chi connectivity index (χ4n) is 2.09. The molecule has 2 nitrogen and oxygen atoms in total. The SMILES string of the molecule is O[C@@H]1CCCC[C@H]1Nc1cc(Cl)ccc1Br. The molecule has 1 aliphatic carbocycles. The molecule has 0 amide bonds. The van der Waals surface area contributed by atoms with Crippen molar-refractivity contribution in [3.05, 3.63) is 27.7 Å². The first-order valence-corrected chi connectivity index (χ1v) is 6.73. The first kappa shape index (κ1) is 12.2. The third-order valence-electron chi connectivity index (χ3n) is 3.00. The zero-order valence-electron chi connectivity index (χ0n) is 8.92. The van der Waals surface area contributed by atoms with Gasteiger partial charge in [-0.25, -0.2) is 0 Å². The van der Waals surface area contributed by atoms with Crippen molar-refractivity contribution in [3.63, 3.8) is 0 Å². The molecule has 1 aromatic carbocycles. The maximum atomic E-state index is 9.88. The van der Waals surface area contributed by atoms with Crippen molar-refractivity contribution in [1.29, 1.82) is 0 Å². The van der Waals surface area contributed by atoms with Crippen molar-refractivity contribution in [2.45, 2.75) is 37.8 Å². The molecule has 1 fully saturated rings.